The highest BCUT2D eigenvalue weighted by atomic mass is 35.5. The van der Waals surface area contributed by atoms with Crippen LogP contribution in [-0.4, -0.2) is 6.29 Å². The monoisotopic (exact) mass is 189 g/mol. The molecule has 0 radical (unpaired) electrons. The Morgan fingerprint density at radius 1 is 1.46 bits per heavy atom. The van der Waals surface area contributed by atoms with Gasteiger partial charge in [-0.15, -0.1) is 0 Å². The number of carbonyl (C=O) groups excluding carboxylic acids is 1. The lowest BCUT2D eigenvalue weighted by Gasteiger charge is -1.95. The van der Waals surface area contributed by atoms with Crippen molar-refractivity contribution in [1.82, 2.24) is 0 Å². The molecule has 0 saturated carbocycles. The fourth-order valence-corrected chi connectivity index (χ4v) is 1.03. The number of hydrogen-bond acceptors (Lipinski definition) is 2. The van der Waals surface area contributed by atoms with Gasteiger partial charge in [-0.3, -0.25) is 4.79 Å². The van der Waals surface area contributed by atoms with Crippen LogP contribution in [0.1, 0.15) is 15.9 Å². The van der Waals surface area contributed by atoms with Gasteiger partial charge in [-0.1, -0.05) is 17.5 Å². The molecule has 0 aliphatic carbocycles. The van der Waals surface area contributed by atoms with Crippen molar-refractivity contribution < 1.29 is 4.79 Å². The maximum absolute atomic E-state index is 10.4. The molecule has 0 heterocycles. The second-order valence-corrected chi connectivity index (χ2v) is 2.62. The number of nitrogens with zero attached hydrogens (tertiary/aromatic N) is 1. The summed E-state index contributed by atoms with van der Waals surface area (Å²) in [5, 5.41) is 8.53. The second kappa shape index (κ2) is 4.30. The Morgan fingerprint density at radius 2 is 2.23 bits per heavy atom. The lowest BCUT2D eigenvalue weighted by molar-refractivity contribution is 0.112. The van der Waals surface area contributed by atoms with E-state index in [0.717, 1.165) is 0 Å². The minimum absolute atomic E-state index is 0.347. The van der Waals surface area contributed by atoms with Crippen molar-refractivity contribution >= 4 is 17.9 Å². The molecule has 0 spiro atoms. The second-order valence-electron chi connectivity index (χ2n) is 2.22. The third kappa shape index (κ3) is 2.33. The molecule has 0 aromatic heterocycles. The predicted octanol–water partition coefficient (Wildman–Crippen LogP) is 2.03. The molecule has 0 atom stereocenters. The average Bonchev–Trinajstić information content (AvgIpc) is 2.15. The molecule has 13 heavy (non-hydrogen) atoms. The van der Waals surface area contributed by atoms with Gasteiger partial charge in [0.1, 0.15) is 0 Å². The number of carbonyl (C=O) groups is 1. The van der Waals surface area contributed by atoms with Crippen molar-refractivity contribution in [3.8, 4) is 17.9 Å². The summed E-state index contributed by atoms with van der Waals surface area (Å²) in [4.78, 5) is 10.4. The molecule has 0 N–H and O–H groups in total. The van der Waals surface area contributed by atoms with Crippen LogP contribution < -0.4 is 0 Å². The van der Waals surface area contributed by atoms with E-state index >= 15 is 0 Å². The summed E-state index contributed by atoms with van der Waals surface area (Å²) in [7, 11) is 0. The molecule has 2 nitrogen and oxygen atoms in total. The number of rotatable bonds is 1. The third-order valence-electron chi connectivity index (χ3n) is 1.39. The van der Waals surface area contributed by atoms with Crippen molar-refractivity contribution in [3.63, 3.8) is 0 Å². The van der Waals surface area contributed by atoms with Crippen LogP contribution in [0.5, 0.6) is 0 Å². The summed E-state index contributed by atoms with van der Waals surface area (Å²) in [5.74, 6) is 4.81. The smallest absolute Gasteiger partial charge is 0.152 e. The normalized spacial score (nSPS) is 8.00. The van der Waals surface area contributed by atoms with Gasteiger partial charge in [0.2, 0.25) is 0 Å². The maximum atomic E-state index is 10.4. The van der Waals surface area contributed by atoms with E-state index in [4.69, 9.17) is 16.9 Å². The highest BCUT2D eigenvalue weighted by molar-refractivity contribution is 6.33. The van der Waals surface area contributed by atoms with E-state index in [9.17, 15) is 4.79 Å². The van der Waals surface area contributed by atoms with Crippen molar-refractivity contribution in [2.24, 2.45) is 0 Å². The molecular weight excluding hydrogens is 186 g/mol. The summed E-state index contributed by atoms with van der Waals surface area (Å²) < 4.78 is 0. The van der Waals surface area contributed by atoms with E-state index in [1.54, 1.807) is 24.3 Å². The van der Waals surface area contributed by atoms with Gasteiger partial charge in [0, 0.05) is 17.0 Å². The summed E-state index contributed by atoms with van der Waals surface area (Å²) in [5.41, 5.74) is 1.04. The minimum atomic E-state index is 0.347. The van der Waals surface area contributed by atoms with Crippen molar-refractivity contribution in [2.75, 3.05) is 0 Å². The Labute approximate surface area is 80.7 Å². The highest BCUT2D eigenvalue weighted by Crippen LogP contribution is 2.15. The first-order valence-corrected chi connectivity index (χ1v) is 3.80. The van der Waals surface area contributed by atoms with Crippen LogP contribution in [0, 0.1) is 23.2 Å². The molecule has 0 amide bonds. The van der Waals surface area contributed by atoms with E-state index in [2.05, 4.69) is 11.8 Å². The van der Waals surface area contributed by atoms with E-state index in [1.165, 1.54) is 0 Å². The number of nitriles is 1. The van der Waals surface area contributed by atoms with Gasteiger partial charge in [0.05, 0.1) is 5.02 Å². The lowest BCUT2D eigenvalue weighted by Crippen LogP contribution is -1.82. The van der Waals surface area contributed by atoms with Gasteiger partial charge in [-0.2, -0.15) is 5.26 Å². The first kappa shape index (κ1) is 9.32. The number of benzene rings is 1. The maximum Gasteiger partial charge on any atom is 0.152 e. The van der Waals surface area contributed by atoms with E-state index in [0.29, 0.717) is 22.4 Å². The van der Waals surface area contributed by atoms with Crippen LogP contribution in [0.15, 0.2) is 18.2 Å². The molecule has 0 aliphatic heterocycles. The fraction of sp³-hybridized carbons (Fsp3) is 0. The Kier molecular flexibility index (Phi) is 3.09. The van der Waals surface area contributed by atoms with Gasteiger partial charge >= 0.3 is 0 Å². The van der Waals surface area contributed by atoms with Crippen LogP contribution in [0.3, 0.4) is 0 Å². The largest absolute Gasteiger partial charge is 0.298 e. The molecule has 0 aliphatic rings. The third-order valence-corrected chi connectivity index (χ3v) is 1.72. The summed E-state index contributed by atoms with van der Waals surface area (Å²) in [6.45, 7) is 0. The van der Waals surface area contributed by atoms with Crippen LogP contribution in [0.25, 0.3) is 0 Å². The van der Waals surface area contributed by atoms with Crippen LogP contribution in [0.2, 0.25) is 5.02 Å². The minimum Gasteiger partial charge on any atom is -0.298 e. The topological polar surface area (TPSA) is 40.9 Å². The molecule has 3 heteroatoms. The summed E-state index contributed by atoms with van der Waals surface area (Å²) in [6, 6.07) is 6.45. The first-order chi connectivity index (χ1) is 6.27. The highest BCUT2D eigenvalue weighted by Gasteiger charge is 1.98. The van der Waals surface area contributed by atoms with Gasteiger partial charge in [-0.25, -0.2) is 0 Å². The van der Waals surface area contributed by atoms with E-state index < -0.39 is 0 Å². The Balaban J connectivity index is 3.11. The zero-order valence-corrected chi connectivity index (χ0v) is 7.30. The quantitative estimate of drug-likeness (QED) is 0.501. The van der Waals surface area contributed by atoms with Crippen molar-refractivity contribution in [3.05, 3.63) is 34.3 Å². The fourth-order valence-electron chi connectivity index (χ4n) is 0.801. The zero-order chi connectivity index (χ0) is 9.68. The van der Waals surface area contributed by atoms with Gasteiger partial charge in [0.15, 0.2) is 12.4 Å². The van der Waals surface area contributed by atoms with Gasteiger partial charge in [0.25, 0.3) is 0 Å². The molecular formula is C10H4ClNO. The lowest BCUT2D eigenvalue weighted by atomic mass is 10.1. The van der Waals surface area contributed by atoms with Crippen LogP contribution >= 0.6 is 11.6 Å². The number of halogens is 1. The zero-order valence-electron chi connectivity index (χ0n) is 6.54. The SMILES string of the molecule is N#CC#Cc1ccc(C=O)c(Cl)c1. The molecule has 0 saturated heterocycles. The first-order valence-electron chi connectivity index (χ1n) is 3.43. The summed E-state index contributed by atoms with van der Waals surface area (Å²) >= 11 is 5.73. The molecule has 1 aromatic carbocycles. The molecule has 0 fully saturated rings. The Morgan fingerprint density at radius 3 is 2.77 bits per heavy atom. The summed E-state index contributed by atoms with van der Waals surface area (Å²) in [6.07, 6.45) is 0.670. The Bertz CT molecular complexity index is 434. The standard InChI is InChI=1S/C10H4ClNO/c11-10-6-8(2-1-5-12)3-4-9(10)7-13/h3-4,6-7H. The molecule has 1 aromatic rings. The van der Waals surface area contributed by atoms with E-state index in [1.807, 2.05) is 0 Å². The molecule has 1 rings (SSSR count). The average molecular weight is 190 g/mol. The van der Waals surface area contributed by atoms with Gasteiger partial charge in [-0.05, 0) is 18.2 Å². The van der Waals surface area contributed by atoms with Crippen molar-refractivity contribution in [1.29, 1.82) is 5.26 Å². The Hall–Kier alpha value is -1.77. The predicted molar refractivity (Wildman–Crippen MR) is 49.3 cm³/mol. The molecule has 0 bridgehead atoms. The van der Waals surface area contributed by atoms with Crippen molar-refractivity contribution in [2.45, 2.75) is 0 Å². The number of aldehydes is 1. The molecule has 0 unspecified atom stereocenters. The molecule has 62 valence electrons. The van der Waals surface area contributed by atoms with Crippen LogP contribution in [-0.2, 0) is 0 Å². The van der Waals surface area contributed by atoms with Gasteiger partial charge < -0.3 is 0 Å². The van der Waals surface area contributed by atoms with Crippen LogP contribution in [0.4, 0.5) is 0 Å². The van der Waals surface area contributed by atoms with E-state index in [-0.39, 0.29) is 0 Å². The number of hydrogen-bond donors (Lipinski definition) is 0.